The molecule has 0 aliphatic carbocycles. The van der Waals surface area contributed by atoms with Crippen LogP contribution >= 0.6 is 0 Å². The number of aromatic nitrogens is 2. The van der Waals surface area contributed by atoms with E-state index < -0.39 is 0 Å². The molecule has 0 aliphatic rings. The zero-order chi connectivity index (χ0) is 12.1. The van der Waals surface area contributed by atoms with Crippen molar-refractivity contribution in [1.82, 2.24) is 15.1 Å². The first-order chi connectivity index (χ1) is 8.31. The van der Waals surface area contributed by atoms with Crippen molar-refractivity contribution in [2.24, 2.45) is 0 Å². The molecule has 17 heavy (non-hydrogen) atoms. The molecule has 2 aromatic rings. The van der Waals surface area contributed by atoms with Crippen LogP contribution in [0.15, 0.2) is 42.7 Å². The summed E-state index contributed by atoms with van der Waals surface area (Å²) < 4.78 is 1.86. The third-order valence-electron chi connectivity index (χ3n) is 2.63. The maximum Gasteiger partial charge on any atom is 0.0645 e. The molecule has 1 heterocycles. The quantitative estimate of drug-likeness (QED) is 0.808. The predicted molar refractivity (Wildman–Crippen MR) is 68.8 cm³/mol. The topological polar surface area (TPSA) is 29.9 Å². The van der Waals surface area contributed by atoms with E-state index in [9.17, 15) is 0 Å². The van der Waals surface area contributed by atoms with Gasteiger partial charge in [-0.15, -0.1) is 6.42 Å². The van der Waals surface area contributed by atoms with Crippen LogP contribution in [0.1, 0.15) is 18.5 Å². The van der Waals surface area contributed by atoms with Gasteiger partial charge in [-0.3, -0.25) is 5.32 Å². The molecular weight excluding hydrogens is 210 g/mol. The molecule has 1 unspecified atom stereocenters. The van der Waals surface area contributed by atoms with Crippen molar-refractivity contribution in [3.05, 3.63) is 48.3 Å². The van der Waals surface area contributed by atoms with Crippen LogP contribution in [0.5, 0.6) is 0 Å². The lowest BCUT2D eigenvalue weighted by molar-refractivity contribution is 0.623. The van der Waals surface area contributed by atoms with Gasteiger partial charge in [0.05, 0.1) is 18.4 Å². The minimum Gasteiger partial charge on any atom is -0.299 e. The van der Waals surface area contributed by atoms with Gasteiger partial charge in [-0.2, -0.15) is 5.10 Å². The molecule has 2 rings (SSSR count). The number of hydrogen-bond acceptors (Lipinski definition) is 2. The van der Waals surface area contributed by atoms with Crippen LogP contribution in [0.3, 0.4) is 0 Å². The third kappa shape index (κ3) is 2.74. The van der Waals surface area contributed by atoms with E-state index >= 15 is 0 Å². The summed E-state index contributed by atoms with van der Waals surface area (Å²) in [5.41, 5.74) is 2.19. The number of terminal acetylenes is 1. The molecule has 0 spiro atoms. The van der Waals surface area contributed by atoms with E-state index in [1.54, 1.807) is 0 Å². The van der Waals surface area contributed by atoms with E-state index in [0.717, 1.165) is 11.3 Å². The molecule has 0 amide bonds. The van der Waals surface area contributed by atoms with Crippen molar-refractivity contribution in [3.63, 3.8) is 0 Å². The molecule has 3 nitrogen and oxygen atoms in total. The van der Waals surface area contributed by atoms with E-state index in [-0.39, 0.29) is 6.04 Å². The fourth-order valence-corrected chi connectivity index (χ4v) is 1.61. The van der Waals surface area contributed by atoms with Gasteiger partial charge in [0.2, 0.25) is 0 Å². The van der Waals surface area contributed by atoms with Gasteiger partial charge in [-0.1, -0.05) is 24.1 Å². The number of rotatable bonds is 4. The Morgan fingerprint density at radius 2 is 2.18 bits per heavy atom. The van der Waals surface area contributed by atoms with Crippen molar-refractivity contribution >= 4 is 0 Å². The Bertz CT molecular complexity index is 508. The SMILES string of the molecule is C#CCNC(C)c1cnn(-c2ccccc2)c1. The summed E-state index contributed by atoms with van der Waals surface area (Å²) in [6.45, 7) is 2.64. The molecule has 1 atom stereocenters. The zero-order valence-electron chi connectivity index (χ0n) is 9.80. The highest BCUT2D eigenvalue weighted by Gasteiger charge is 2.07. The maximum atomic E-state index is 5.22. The number of hydrogen-bond donors (Lipinski definition) is 1. The van der Waals surface area contributed by atoms with Gasteiger partial charge in [0.15, 0.2) is 0 Å². The Kier molecular flexibility index (Phi) is 3.59. The minimum atomic E-state index is 0.212. The minimum absolute atomic E-state index is 0.212. The van der Waals surface area contributed by atoms with Gasteiger partial charge < -0.3 is 0 Å². The second-order valence-corrected chi connectivity index (χ2v) is 3.86. The highest BCUT2D eigenvalue weighted by atomic mass is 15.3. The third-order valence-corrected chi connectivity index (χ3v) is 2.63. The normalized spacial score (nSPS) is 12.0. The Morgan fingerprint density at radius 1 is 1.41 bits per heavy atom. The molecule has 0 aliphatic heterocycles. The highest BCUT2D eigenvalue weighted by molar-refractivity contribution is 5.31. The lowest BCUT2D eigenvalue weighted by atomic mass is 10.2. The smallest absolute Gasteiger partial charge is 0.0645 e. The summed E-state index contributed by atoms with van der Waals surface area (Å²) in [6.07, 6.45) is 9.10. The van der Waals surface area contributed by atoms with Crippen LogP contribution in [0.2, 0.25) is 0 Å². The van der Waals surface area contributed by atoms with Crippen molar-refractivity contribution in [1.29, 1.82) is 0 Å². The van der Waals surface area contributed by atoms with Crippen LogP contribution in [0.25, 0.3) is 5.69 Å². The van der Waals surface area contributed by atoms with Crippen LogP contribution < -0.4 is 5.32 Å². The lowest BCUT2D eigenvalue weighted by Gasteiger charge is -2.08. The van der Waals surface area contributed by atoms with Crippen LogP contribution in [-0.4, -0.2) is 16.3 Å². The van der Waals surface area contributed by atoms with Crippen molar-refractivity contribution < 1.29 is 0 Å². The standard InChI is InChI=1S/C14H15N3/c1-3-9-15-12(2)13-10-16-17(11-13)14-7-5-4-6-8-14/h1,4-8,10-12,15H,9H2,2H3. The first-order valence-electron chi connectivity index (χ1n) is 5.58. The lowest BCUT2D eigenvalue weighted by Crippen LogP contribution is -2.18. The van der Waals surface area contributed by atoms with Gasteiger partial charge in [-0.05, 0) is 19.1 Å². The van der Waals surface area contributed by atoms with Crippen molar-refractivity contribution in [2.45, 2.75) is 13.0 Å². The van der Waals surface area contributed by atoms with Gasteiger partial charge in [-0.25, -0.2) is 4.68 Å². The maximum absolute atomic E-state index is 5.22. The average Bonchev–Trinajstić information content (AvgIpc) is 2.86. The second kappa shape index (κ2) is 5.33. The van der Waals surface area contributed by atoms with Crippen LogP contribution in [0.4, 0.5) is 0 Å². The van der Waals surface area contributed by atoms with Gasteiger partial charge in [0.25, 0.3) is 0 Å². The van der Waals surface area contributed by atoms with Gasteiger partial charge in [0, 0.05) is 17.8 Å². The highest BCUT2D eigenvalue weighted by Crippen LogP contribution is 2.13. The zero-order valence-corrected chi connectivity index (χ0v) is 9.80. The van der Waals surface area contributed by atoms with Crippen LogP contribution in [0, 0.1) is 12.3 Å². The summed E-state index contributed by atoms with van der Waals surface area (Å²) in [4.78, 5) is 0. The molecule has 1 N–H and O–H groups in total. The first kappa shape index (κ1) is 11.4. The monoisotopic (exact) mass is 225 g/mol. The molecule has 86 valence electrons. The molecule has 0 radical (unpaired) electrons. The van der Waals surface area contributed by atoms with Gasteiger partial charge >= 0.3 is 0 Å². The largest absolute Gasteiger partial charge is 0.299 e. The molecule has 1 aromatic carbocycles. The summed E-state index contributed by atoms with van der Waals surface area (Å²) in [7, 11) is 0. The number of nitrogens with one attached hydrogen (secondary N) is 1. The molecule has 0 saturated carbocycles. The predicted octanol–water partition coefficient (Wildman–Crippen LogP) is 2.16. The summed E-state index contributed by atoms with van der Waals surface area (Å²) >= 11 is 0. The Labute approximate surface area is 101 Å². The second-order valence-electron chi connectivity index (χ2n) is 3.86. The molecule has 1 aromatic heterocycles. The van der Waals surface area contributed by atoms with E-state index in [1.807, 2.05) is 47.4 Å². The van der Waals surface area contributed by atoms with E-state index in [2.05, 4.69) is 23.3 Å². The van der Waals surface area contributed by atoms with Crippen molar-refractivity contribution in [3.8, 4) is 18.0 Å². The van der Waals surface area contributed by atoms with E-state index in [1.165, 1.54) is 0 Å². The molecule has 3 heteroatoms. The summed E-state index contributed by atoms with van der Waals surface area (Å²) in [6, 6.07) is 10.2. The number of para-hydroxylation sites is 1. The Balaban J connectivity index is 2.14. The molecular formula is C14H15N3. The molecule has 0 fully saturated rings. The molecule has 0 saturated heterocycles. The fourth-order valence-electron chi connectivity index (χ4n) is 1.61. The summed E-state index contributed by atoms with van der Waals surface area (Å²) in [5.74, 6) is 2.57. The van der Waals surface area contributed by atoms with E-state index in [0.29, 0.717) is 6.54 Å². The summed E-state index contributed by atoms with van der Waals surface area (Å²) in [5, 5.41) is 7.56. The fraction of sp³-hybridized carbons (Fsp3) is 0.214. The van der Waals surface area contributed by atoms with E-state index in [4.69, 9.17) is 6.42 Å². The Morgan fingerprint density at radius 3 is 2.88 bits per heavy atom. The molecule has 0 bridgehead atoms. The van der Waals surface area contributed by atoms with Gasteiger partial charge in [0.1, 0.15) is 0 Å². The van der Waals surface area contributed by atoms with Crippen LogP contribution in [-0.2, 0) is 0 Å². The number of nitrogens with zero attached hydrogens (tertiary/aromatic N) is 2. The van der Waals surface area contributed by atoms with Crippen molar-refractivity contribution in [2.75, 3.05) is 6.54 Å². The Hall–Kier alpha value is -2.05. The first-order valence-corrected chi connectivity index (χ1v) is 5.58. The average molecular weight is 225 g/mol. The number of benzene rings is 1.